The van der Waals surface area contributed by atoms with Gasteiger partial charge in [-0.2, -0.15) is 0 Å². The lowest BCUT2D eigenvalue weighted by Crippen LogP contribution is -2.36. The van der Waals surface area contributed by atoms with E-state index in [1.54, 1.807) is 30.5 Å². The number of anilines is 1. The van der Waals surface area contributed by atoms with Gasteiger partial charge in [0.1, 0.15) is 12.5 Å². The third-order valence-corrected chi connectivity index (χ3v) is 5.69. The zero-order valence-electron chi connectivity index (χ0n) is 15.1. The number of para-hydroxylation sites is 1. The standard InChI is InChI=1S/C21H18N2O4S/c1-28-18-16-15(19(24)23(20(16)25)14-10-6-3-7-11-14)17(22-18)21(26)27-12-13-8-4-2-5-9-13/h2-11,15-17H,12H2,1H3/t15-,16+,17-/m1/s1. The van der Waals surface area contributed by atoms with Crippen LogP contribution in [0, 0.1) is 11.8 Å². The summed E-state index contributed by atoms with van der Waals surface area (Å²) >= 11 is 1.29. The molecule has 0 bridgehead atoms. The van der Waals surface area contributed by atoms with Gasteiger partial charge in [-0.05, 0) is 24.0 Å². The molecule has 2 aromatic rings. The second kappa shape index (κ2) is 7.59. The largest absolute Gasteiger partial charge is 0.459 e. The first-order valence-electron chi connectivity index (χ1n) is 8.87. The van der Waals surface area contributed by atoms with Crippen LogP contribution in [0.1, 0.15) is 5.56 Å². The van der Waals surface area contributed by atoms with Crippen LogP contribution in [0.5, 0.6) is 0 Å². The van der Waals surface area contributed by atoms with Gasteiger partial charge < -0.3 is 4.74 Å². The fourth-order valence-corrected chi connectivity index (χ4v) is 4.31. The Labute approximate surface area is 166 Å². The van der Waals surface area contributed by atoms with Gasteiger partial charge in [0.2, 0.25) is 11.8 Å². The number of amides is 2. The quantitative estimate of drug-likeness (QED) is 0.589. The van der Waals surface area contributed by atoms with Crippen LogP contribution in [0.2, 0.25) is 0 Å². The fourth-order valence-electron chi connectivity index (χ4n) is 3.59. The topological polar surface area (TPSA) is 76.0 Å². The van der Waals surface area contributed by atoms with E-state index in [1.165, 1.54) is 11.8 Å². The smallest absolute Gasteiger partial charge is 0.332 e. The van der Waals surface area contributed by atoms with Gasteiger partial charge in [-0.3, -0.25) is 14.6 Å². The van der Waals surface area contributed by atoms with E-state index in [0.717, 1.165) is 10.5 Å². The van der Waals surface area contributed by atoms with Crippen LogP contribution in [0.3, 0.4) is 0 Å². The first-order valence-corrected chi connectivity index (χ1v) is 10.1. The van der Waals surface area contributed by atoms with Gasteiger partial charge in [-0.25, -0.2) is 9.69 Å². The summed E-state index contributed by atoms with van der Waals surface area (Å²) < 4.78 is 5.40. The van der Waals surface area contributed by atoms with E-state index in [4.69, 9.17) is 4.74 Å². The Morgan fingerprint density at radius 3 is 2.32 bits per heavy atom. The molecule has 2 aliphatic rings. The Hall–Kier alpha value is -2.93. The Kier molecular flexibility index (Phi) is 5.00. The molecule has 1 fully saturated rings. The van der Waals surface area contributed by atoms with Crippen LogP contribution < -0.4 is 4.90 Å². The van der Waals surface area contributed by atoms with Crippen LogP contribution in [0.25, 0.3) is 0 Å². The van der Waals surface area contributed by atoms with Crippen molar-refractivity contribution in [3.63, 3.8) is 0 Å². The molecule has 6 nitrogen and oxygen atoms in total. The van der Waals surface area contributed by atoms with Crippen LogP contribution in [0.15, 0.2) is 65.7 Å². The minimum atomic E-state index is -0.999. The monoisotopic (exact) mass is 394 g/mol. The van der Waals surface area contributed by atoms with Crippen molar-refractivity contribution in [2.75, 3.05) is 11.2 Å². The number of rotatable bonds is 4. The number of benzene rings is 2. The maximum absolute atomic E-state index is 13.1. The molecule has 4 rings (SSSR count). The molecule has 0 N–H and O–H groups in total. The molecule has 0 spiro atoms. The maximum atomic E-state index is 13.1. The number of esters is 1. The highest BCUT2D eigenvalue weighted by molar-refractivity contribution is 8.13. The lowest BCUT2D eigenvalue weighted by atomic mass is 9.92. The zero-order chi connectivity index (χ0) is 19.7. The van der Waals surface area contributed by atoms with E-state index < -0.39 is 29.8 Å². The molecule has 0 aliphatic carbocycles. The van der Waals surface area contributed by atoms with Gasteiger partial charge in [0, 0.05) is 0 Å². The Morgan fingerprint density at radius 1 is 1.04 bits per heavy atom. The zero-order valence-corrected chi connectivity index (χ0v) is 16.0. The lowest BCUT2D eigenvalue weighted by Gasteiger charge is -2.17. The maximum Gasteiger partial charge on any atom is 0.332 e. The summed E-state index contributed by atoms with van der Waals surface area (Å²) in [6, 6.07) is 17.0. The third-order valence-electron chi connectivity index (χ3n) is 4.91. The first-order chi connectivity index (χ1) is 13.6. The van der Waals surface area contributed by atoms with Crippen LogP contribution in [-0.2, 0) is 25.7 Å². The molecule has 2 amide bonds. The summed E-state index contributed by atoms with van der Waals surface area (Å²) in [7, 11) is 0. The van der Waals surface area contributed by atoms with Crippen LogP contribution in [0.4, 0.5) is 5.69 Å². The number of hydrogen-bond acceptors (Lipinski definition) is 6. The number of carbonyl (C=O) groups excluding carboxylic acids is 3. The number of fused-ring (bicyclic) bond motifs is 1. The number of carbonyl (C=O) groups is 3. The summed E-state index contributed by atoms with van der Waals surface area (Å²) in [5, 5.41) is 0.503. The molecule has 7 heteroatoms. The van der Waals surface area contributed by atoms with Gasteiger partial charge in [0.25, 0.3) is 0 Å². The highest BCUT2D eigenvalue weighted by atomic mass is 32.2. The molecule has 2 aliphatic heterocycles. The minimum Gasteiger partial charge on any atom is -0.459 e. The molecule has 28 heavy (non-hydrogen) atoms. The second-order valence-electron chi connectivity index (χ2n) is 6.56. The van der Waals surface area contributed by atoms with Crippen molar-refractivity contribution in [3.05, 3.63) is 66.2 Å². The van der Waals surface area contributed by atoms with E-state index in [-0.39, 0.29) is 12.5 Å². The van der Waals surface area contributed by atoms with Gasteiger partial charge in [-0.15, -0.1) is 11.8 Å². The van der Waals surface area contributed by atoms with Crippen LogP contribution in [-0.4, -0.2) is 35.1 Å². The molecule has 0 unspecified atom stereocenters. The van der Waals surface area contributed by atoms with Crippen molar-refractivity contribution in [3.8, 4) is 0 Å². The fraction of sp³-hybridized carbons (Fsp3) is 0.238. The summed E-state index contributed by atoms with van der Waals surface area (Å²) in [5.74, 6) is -2.90. The number of thioether (sulfide) groups is 1. The molecule has 0 radical (unpaired) electrons. The number of imide groups is 1. The van der Waals surface area contributed by atoms with E-state index in [2.05, 4.69) is 4.99 Å². The third kappa shape index (κ3) is 3.11. The average Bonchev–Trinajstić information content (AvgIpc) is 3.24. The Balaban J connectivity index is 1.58. The van der Waals surface area contributed by atoms with Gasteiger partial charge in [0.15, 0.2) is 6.04 Å². The highest BCUT2D eigenvalue weighted by Gasteiger charge is 2.59. The molecule has 2 heterocycles. The summed E-state index contributed by atoms with van der Waals surface area (Å²) in [5.41, 5.74) is 1.35. The van der Waals surface area contributed by atoms with Crippen molar-refractivity contribution < 1.29 is 19.1 Å². The van der Waals surface area contributed by atoms with Crippen LogP contribution >= 0.6 is 11.8 Å². The summed E-state index contributed by atoms with van der Waals surface area (Å²) in [6.45, 7) is 0.0994. The summed E-state index contributed by atoms with van der Waals surface area (Å²) in [6.07, 6.45) is 1.79. The predicted molar refractivity (Wildman–Crippen MR) is 107 cm³/mol. The second-order valence-corrected chi connectivity index (χ2v) is 7.39. The first kappa shape index (κ1) is 18.4. The van der Waals surface area contributed by atoms with E-state index in [0.29, 0.717) is 10.7 Å². The molecule has 142 valence electrons. The Bertz CT molecular complexity index is 945. The molecular formula is C21H18N2O4S. The molecular weight excluding hydrogens is 376 g/mol. The molecule has 1 saturated heterocycles. The molecule has 3 atom stereocenters. The van der Waals surface area contributed by atoms with Gasteiger partial charge in [-0.1, -0.05) is 48.5 Å². The van der Waals surface area contributed by atoms with Gasteiger partial charge in [0.05, 0.1) is 16.6 Å². The SMILES string of the molecule is CSC1=N[C@@H](C(=O)OCc2ccccc2)[C@@H]2C(=O)N(c3ccccc3)C(=O)[C@H]12. The number of hydrogen-bond donors (Lipinski definition) is 0. The molecule has 0 aromatic heterocycles. The Morgan fingerprint density at radius 2 is 1.68 bits per heavy atom. The number of aliphatic imine (C=N–C) groups is 1. The van der Waals surface area contributed by atoms with Crippen molar-refractivity contribution in [2.24, 2.45) is 16.8 Å². The highest BCUT2D eigenvalue weighted by Crippen LogP contribution is 2.41. The summed E-state index contributed by atoms with van der Waals surface area (Å²) in [4.78, 5) is 44.3. The molecule has 2 aromatic carbocycles. The predicted octanol–water partition coefficient (Wildman–Crippen LogP) is 2.68. The number of ether oxygens (including phenoxy) is 1. The van der Waals surface area contributed by atoms with Crippen molar-refractivity contribution in [1.82, 2.24) is 0 Å². The van der Waals surface area contributed by atoms with E-state index in [9.17, 15) is 14.4 Å². The number of nitrogens with zero attached hydrogens (tertiary/aromatic N) is 2. The van der Waals surface area contributed by atoms with E-state index >= 15 is 0 Å². The molecule has 0 saturated carbocycles. The van der Waals surface area contributed by atoms with Gasteiger partial charge >= 0.3 is 5.97 Å². The van der Waals surface area contributed by atoms with Crippen molar-refractivity contribution in [2.45, 2.75) is 12.6 Å². The lowest BCUT2D eigenvalue weighted by molar-refractivity contribution is -0.149. The average molecular weight is 394 g/mol. The van der Waals surface area contributed by atoms with Crippen molar-refractivity contribution in [1.29, 1.82) is 0 Å². The normalized spacial score (nSPS) is 23.5. The van der Waals surface area contributed by atoms with Crippen molar-refractivity contribution >= 4 is 40.3 Å². The minimum absolute atomic E-state index is 0.0994. The van der Waals surface area contributed by atoms with E-state index in [1.807, 2.05) is 36.4 Å².